The van der Waals surface area contributed by atoms with E-state index in [4.69, 9.17) is 16.3 Å². The first-order valence-corrected chi connectivity index (χ1v) is 6.82. The van der Waals surface area contributed by atoms with E-state index < -0.39 is 0 Å². The molecule has 0 fully saturated rings. The number of amides is 2. The molecule has 22 heavy (non-hydrogen) atoms. The third kappa shape index (κ3) is 4.46. The Morgan fingerprint density at radius 2 is 2.09 bits per heavy atom. The van der Waals surface area contributed by atoms with Gasteiger partial charge in [0.05, 0.1) is 5.56 Å². The number of ether oxygens (including phenoxy) is 1. The Morgan fingerprint density at radius 3 is 2.77 bits per heavy atom. The molecule has 0 saturated carbocycles. The lowest BCUT2D eigenvalue weighted by Crippen LogP contribution is -2.24. The van der Waals surface area contributed by atoms with Crippen LogP contribution in [0.25, 0.3) is 0 Å². The van der Waals surface area contributed by atoms with Crippen molar-refractivity contribution in [3.63, 3.8) is 0 Å². The lowest BCUT2D eigenvalue weighted by atomic mass is 10.2. The number of carbonyl (C=O) groups is 2. The van der Waals surface area contributed by atoms with Gasteiger partial charge in [0.15, 0.2) is 6.61 Å². The molecule has 2 amide bonds. The van der Waals surface area contributed by atoms with Gasteiger partial charge in [0, 0.05) is 25.0 Å². The van der Waals surface area contributed by atoms with Crippen LogP contribution in [0, 0.1) is 0 Å². The average Bonchev–Trinajstić information content (AvgIpc) is 2.53. The molecule has 1 aromatic heterocycles. The molecule has 0 bridgehead atoms. The van der Waals surface area contributed by atoms with Gasteiger partial charge in [-0.1, -0.05) is 17.7 Å². The van der Waals surface area contributed by atoms with Gasteiger partial charge in [0.25, 0.3) is 11.8 Å². The van der Waals surface area contributed by atoms with Crippen molar-refractivity contribution in [2.24, 2.45) is 0 Å². The number of carbonyl (C=O) groups excluding carboxylic acids is 2. The summed E-state index contributed by atoms with van der Waals surface area (Å²) in [7, 11) is 1.53. The normalized spacial score (nSPS) is 9.91. The number of anilines is 1. The van der Waals surface area contributed by atoms with Crippen LogP contribution in [-0.4, -0.2) is 30.5 Å². The fourth-order valence-electron chi connectivity index (χ4n) is 1.60. The Morgan fingerprint density at radius 1 is 1.27 bits per heavy atom. The number of nitrogens with zero attached hydrogens (tertiary/aromatic N) is 1. The van der Waals surface area contributed by atoms with Crippen LogP contribution in [0.15, 0.2) is 42.6 Å². The molecule has 0 spiro atoms. The van der Waals surface area contributed by atoms with Gasteiger partial charge in [0.2, 0.25) is 0 Å². The van der Waals surface area contributed by atoms with E-state index in [2.05, 4.69) is 15.6 Å². The molecule has 0 aliphatic heterocycles. The summed E-state index contributed by atoms with van der Waals surface area (Å²) in [6.45, 7) is -0.0883. The predicted octanol–water partition coefficient (Wildman–Crippen LogP) is 2.11. The Hall–Kier alpha value is -2.60. The van der Waals surface area contributed by atoms with Crippen molar-refractivity contribution >= 4 is 29.1 Å². The first kappa shape index (κ1) is 15.8. The second-order valence-corrected chi connectivity index (χ2v) is 4.70. The van der Waals surface area contributed by atoms with Gasteiger partial charge in [-0.2, -0.15) is 0 Å². The van der Waals surface area contributed by atoms with Gasteiger partial charge in [-0.05, 0) is 24.3 Å². The van der Waals surface area contributed by atoms with Crippen molar-refractivity contribution in [3.8, 4) is 5.75 Å². The molecule has 0 radical (unpaired) electrons. The lowest BCUT2D eigenvalue weighted by Gasteiger charge is -2.08. The van der Waals surface area contributed by atoms with Crippen LogP contribution < -0.4 is 15.4 Å². The minimum absolute atomic E-state index is 0.0883. The molecule has 2 aromatic rings. The van der Waals surface area contributed by atoms with E-state index in [0.29, 0.717) is 22.2 Å². The third-order valence-corrected chi connectivity index (χ3v) is 2.95. The van der Waals surface area contributed by atoms with E-state index in [1.165, 1.54) is 13.2 Å². The molecule has 2 N–H and O–H groups in total. The number of halogens is 1. The highest BCUT2D eigenvalue weighted by molar-refractivity contribution is 6.29. The molecule has 114 valence electrons. The molecule has 6 nitrogen and oxygen atoms in total. The van der Waals surface area contributed by atoms with E-state index in [0.717, 1.165) is 0 Å². The highest BCUT2D eigenvalue weighted by Gasteiger charge is 2.07. The van der Waals surface area contributed by atoms with Crippen molar-refractivity contribution in [1.29, 1.82) is 0 Å². The number of likely N-dealkylation sites (N-methyl/N-ethyl adjacent to an activating group) is 1. The molecular weight excluding hydrogens is 306 g/mol. The molecule has 0 atom stereocenters. The van der Waals surface area contributed by atoms with Crippen LogP contribution in [-0.2, 0) is 4.79 Å². The Bertz CT molecular complexity index is 674. The van der Waals surface area contributed by atoms with Crippen molar-refractivity contribution in [3.05, 3.63) is 53.3 Å². The van der Waals surface area contributed by atoms with Gasteiger partial charge in [-0.15, -0.1) is 0 Å². The summed E-state index contributed by atoms with van der Waals surface area (Å²) in [5.41, 5.74) is 0.940. The predicted molar refractivity (Wildman–Crippen MR) is 83.2 cm³/mol. The average molecular weight is 320 g/mol. The SMILES string of the molecule is CNC(=O)COc1cccc(NC(=O)c2ccc(Cl)nc2)c1. The van der Waals surface area contributed by atoms with Gasteiger partial charge < -0.3 is 15.4 Å². The maximum Gasteiger partial charge on any atom is 0.257 e. The summed E-state index contributed by atoms with van der Waals surface area (Å²) >= 11 is 5.68. The number of nitrogens with one attached hydrogen (secondary N) is 2. The fraction of sp³-hybridized carbons (Fsp3) is 0.133. The molecule has 0 aliphatic rings. The highest BCUT2D eigenvalue weighted by atomic mass is 35.5. The van der Waals surface area contributed by atoms with E-state index in [1.54, 1.807) is 36.4 Å². The number of benzene rings is 1. The number of hydrogen-bond acceptors (Lipinski definition) is 4. The molecule has 1 heterocycles. The number of pyridine rings is 1. The molecule has 0 aliphatic carbocycles. The zero-order valence-corrected chi connectivity index (χ0v) is 12.6. The van der Waals surface area contributed by atoms with E-state index in [1.807, 2.05) is 0 Å². The number of hydrogen-bond donors (Lipinski definition) is 2. The zero-order valence-electron chi connectivity index (χ0n) is 11.8. The quantitative estimate of drug-likeness (QED) is 0.827. The van der Waals surface area contributed by atoms with E-state index in [9.17, 15) is 9.59 Å². The smallest absolute Gasteiger partial charge is 0.257 e. The topological polar surface area (TPSA) is 80.3 Å². The maximum atomic E-state index is 12.0. The maximum absolute atomic E-state index is 12.0. The molecule has 0 saturated heterocycles. The van der Waals surface area contributed by atoms with E-state index in [-0.39, 0.29) is 18.4 Å². The summed E-state index contributed by atoms with van der Waals surface area (Å²) in [5, 5.41) is 5.49. The Balaban J connectivity index is 2.02. The first-order chi connectivity index (χ1) is 10.6. The van der Waals surface area contributed by atoms with Gasteiger partial charge in [-0.25, -0.2) is 4.98 Å². The monoisotopic (exact) mass is 319 g/mol. The lowest BCUT2D eigenvalue weighted by molar-refractivity contribution is -0.122. The molecule has 0 unspecified atom stereocenters. The van der Waals surface area contributed by atoms with Crippen LogP contribution in [0.3, 0.4) is 0 Å². The van der Waals surface area contributed by atoms with Crippen LogP contribution in [0.4, 0.5) is 5.69 Å². The summed E-state index contributed by atoms with van der Waals surface area (Å²) in [6.07, 6.45) is 1.39. The minimum atomic E-state index is -0.312. The zero-order chi connectivity index (χ0) is 15.9. The second-order valence-electron chi connectivity index (χ2n) is 4.31. The Labute approximate surface area is 132 Å². The molecule has 2 rings (SSSR count). The van der Waals surface area contributed by atoms with Crippen LogP contribution in [0.1, 0.15) is 10.4 Å². The summed E-state index contributed by atoms with van der Waals surface area (Å²) in [5.74, 6) is -0.0649. The van der Waals surface area contributed by atoms with Crippen molar-refractivity contribution in [2.75, 3.05) is 19.0 Å². The van der Waals surface area contributed by atoms with Crippen LogP contribution in [0.5, 0.6) is 5.75 Å². The minimum Gasteiger partial charge on any atom is -0.484 e. The molecular formula is C15H14ClN3O3. The van der Waals surface area contributed by atoms with Crippen molar-refractivity contribution in [2.45, 2.75) is 0 Å². The van der Waals surface area contributed by atoms with Crippen LogP contribution >= 0.6 is 11.6 Å². The summed E-state index contributed by atoms with van der Waals surface area (Å²) in [4.78, 5) is 27.0. The highest BCUT2D eigenvalue weighted by Crippen LogP contribution is 2.18. The third-order valence-electron chi connectivity index (χ3n) is 2.73. The van der Waals surface area contributed by atoms with E-state index >= 15 is 0 Å². The molecule has 1 aromatic carbocycles. The molecule has 7 heteroatoms. The number of rotatable bonds is 5. The second kappa shape index (κ2) is 7.42. The van der Waals surface area contributed by atoms with Gasteiger partial charge >= 0.3 is 0 Å². The Kier molecular flexibility index (Phi) is 5.32. The standard InChI is InChI=1S/C15H14ClN3O3/c1-17-14(20)9-22-12-4-2-3-11(7-12)19-15(21)10-5-6-13(16)18-8-10/h2-8H,9H2,1H3,(H,17,20)(H,19,21). The number of aromatic nitrogens is 1. The van der Waals surface area contributed by atoms with Gasteiger partial charge in [0.1, 0.15) is 10.9 Å². The first-order valence-electron chi connectivity index (χ1n) is 6.45. The van der Waals surface area contributed by atoms with Crippen molar-refractivity contribution < 1.29 is 14.3 Å². The van der Waals surface area contributed by atoms with Crippen molar-refractivity contribution in [1.82, 2.24) is 10.3 Å². The summed E-state index contributed by atoms with van der Waals surface area (Å²) in [6, 6.07) is 9.88. The van der Waals surface area contributed by atoms with Crippen LogP contribution in [0.2, 0.25) is 5.15 Å². The van der Waals surface area contributed by atoms with Gasteiger partial charge in [-0.3, -0.25) is 9.59 Å². The fourth-order valence-corrected chi connectivity index (χ4v) is 1.71. The summed E-state index contributed by atoms with van der Waals surface area (Å²) < 4.78 is 5.31. The largest absolute Gasteiger partial charge is 0.484 e.